The summed E-state index contributed by atoms with van der Waals surface area (Å²) in [6, 6.07) is 6.91. The highest BCUT2D eigenvalue weighted by molar-refractivity contribution is 7.13. The lowest BCUT2D eigenvalue weighted by Crippen LogP contribution is -2.30. The van der Waals surface area contributed by atoms with Gasteiger partial charge in [-0.3, -0.25) is 4.79 Å². The number of hydrogen-bond acceptors (Lipinski definition) is 8. The van der Waals surface area contributed by atoms with Gasteiger partial charge in [0.15, 0.2) is 5.70 Å². The van der Waals surface area contributed by atoms with Crippen LogP contribution in [-0.2, 0) is 9.63 Å². The first kappa shape index (κ1) is 15.4. The number of aliphatic hydroxyl groups excluding tert-OH is 1. The number of amides is 1. The Bertz CT molecular complexity index is 802. The second-order valence-electron chi connectivity index (χ2n) is 4.39. The maximum absolute atomic E-state index is 10.8. The summed E-state index contributed by atoms with van der Waals surface area (Å²) >= 11 is 7.05. The Kier molecular flexibility index (Phi) is 4.24. The van der Waals surface area contributed by atoms with Crippen molar-refractivity contribution in [1.82, 2.24) is 10.6 Å². The monoisotopic (exact) mass is 351 g/mol. The van der Waals surface area contributed by atoms with E-state index in [1.807, 2.05) is 0 Å². The Morgan fingerprint density at radius 1 is 1.43 bits per heavy atom. The van der Waals surface area contributed by atoms with Gasteiger partial charge in [-0.25, -0.2) is 9.99 Å². The fourth-order valence-electron chi connectivity index (χ4n) is 1.81. The van der Waals surface area contributed by atoms with Crippen LogP contribution >= 0.6 is 22.9 Å². The predicted octanol–water partition coefficient (Wildman–Crippen LogP) is 3.57. The molecule has 0 radical (unpaired) electrons. The molecule has 1 aromatic carbocycles. The van der Waals surface area contributed by atoms with Crippen LogP contribution in [0.25, 0.3) is 5.70 Å². The topological polar surface area (TPSA) is 99.4 Å². The van der Waals surface area contributed by atoms with Crippen molar-refractivity contribution in [3.63, 3.8) is 0 Å². The van der Waals surface area contributed by atoms with Gasteiger partial charge in [-0.2, -0.15) is 0 Å². The standard InChI is InChI=1S/C13H10ClN5O3S/c1-7(20)16-17-13-15-10(6-23-13)11-12(21)22-18-19(11)9-4-2-8(14)3-5-9/h2-6,18,21H,1H3. The number of hydrazine groups is 1. The number of carbonyl (C=O) groups excluding carboxylic acids is 1. The molecule has 0 fully saturated rings. The molecule has 10 heteroatoms. The number of nitrogens with zero attached hydrogens (tertiary/aromatic N) is 4. The number of carbonyl (C=O) groups is 1. The fourth-order valence-corrected chi connectivity index (χ4v) is 2.55. The average Bonchev–Trinajstić information content (AvgIpc) is 3.12. The van der Waals surface area contributed by atoms with Gasteiger partial charge in [-0.05, 0) is 24.3 Å². The van der Waals surface area contributed by atoms with E-state index < -0.39 is 5.91 Å². The van der Waals surface area contributed by atoms with Crippen molar-refractivity contribution in [2.75, 3.05) is 5.01 Å². The summed E-state index contributed by atoms with van der Waals surface area (Å²) in [7, 11) is 0. The van der Waals surface area contributed by atoms with Crippen molar-refractivity contribution in [2.45, 2.75) is 6.92 Å². The number of benzene rings is 1. The summed E-state index contributed by atoms with van der Waals surface area (Å²) in [5.74, 6) is -0.752. The van der Waals surface area contributed by atoms with Gasteiger partial charge in [-0.15, -0.1) is 21.6 Å². The summed E-state index contributed by atoms with van der Waals surface area (Å²) in [6.07, 6.45) is 0. The van der Waals surface area contributed by atoms with Crippen LogP contribution in [0.3, 0.4) is 0 Å². The van der Waals surface area contributed by atoms with Gasteiger partial charge in [0.2, 0.25) is 5.13 Å². The highest BCUT2D eigenvalue weighted by Gasteiger charge is 2.29. The van der Waals surface area contributed by atoms with Crippen LogP contribution in [0.5, 0.6) is 0 Å². The van der Waals surface area contributed by atoms with E-state index in [4.69, 9.17) is 16.4 Å². The Balaban J connectivity index is 1.91. The van der Waals surface area contributed by atoms with Crippen LogP contribution in [0, 0.1) is 0 Å². The van der Waals surface area contributed by atoms with Crippen LogP contribution in [0.1, 0.15) is 12.6 Å². The zero-order chi connectivity index (χ0) is 16.4. The van der Waals surface area contributed by atoms with Crippen molar-refractivity contribution in [2.24, 2.45) is 10.2 Å². The molecule has 2 aromatic rings. The molecule has 0 unspecified atom stereocenters. The van der Waals surface area contributed by atoms with Gasteiger partial charge in [0.25, 0.3) is 5.91 Å². The second-order valence-corrected chi connectivity index (χ2v) is 5.67. The van der Waals surface area contributed by atoms with Gasteiger partial charge >= 0.3 is 5.95 Å². The van der Waals surface area contributed by atoms with Crippen molar-refractivity contribution < 1.29 is 14.7 Å². The zero-order valence-electron chi connectivity index (χ0n) is 11.7. The van der Waals surface area contributed by atoms with E-state index in [9.17, 15) is 9.90 Å². The van der Waals surface area contributed by atoms with Crippen LogP contribution in [-0.4, -0.2) is 16.0 Å². The number of thiazole rings is 1. The lowest BCUT2D eigenvalue weighted by Gasteiger charge is -2.17. The number of azo groups is 1. The van der Waals surface area contributed by atoms with Crippen molar-refractivity contribution >= 4 is 45.4 Å². The Morgan fingerprint density at radius 3 is 2.87 bits per heavy atom. The molecular weight excluding hydrogens is 342 g/mol. The van der Waals surface area contributed by atoms with Crippen LogP contribution < -0.4 is 10.6 Å². The second kappa shape index (κ2) is 6.32. The normalized spacial score (nSPS) is 14.6. The maximum atomic E-state index is 10.8. The maximum Gasteiger partial charge on any atom is 0.327 e. The average molecular weight is 352 g/mol. The van der Waals surface area contributed by atoms with Gasteiger partial charge in [0.1, 0.15) is 5.69 Å². The first-order valence-electron chi connectivity index (χ1n) is 6.34. The molecule has 0 atom stereocenters. The first-order valence-corrected chi connectivity index (χ1v) is 7.60. The lowest BCUT2D eigenvalue weighted by molar-refractivity contribution is -0.116. The number of hydrogen-bond donors (Lipinski definition) is 2. The molecule has 2 heterocycles. The third-order valence-corrected chi connectivity index (χ3v) is 3.73. The number of rotatable bonds is 3. The highest BCUT2D eigenvalue weighted by Crippen LogP contribution is 2.33. The van der Waals surface area contributed by atoms with E-state index >= 15 is 0 Å². The molecule has 1 amide bonds. The number of nitrogens with one attached hydrogen (secondary N) is 1. The smallest absolute Gasteiger partial charge is 0.327 e. The van der Waals surface area contributed by atoms with E-state index in [1.54, 1.807) is 29.6 Å². The van der Waals surface area contributed by atoms with Crippen LogP contribution in [0.4, 0.5) is 10.8 Å². The van der Waals surface area contributed by atoms with E-state index in [0.29, 0.717) is 27.2 Å². The van der Waals surface area contributed by atoms with Crippen LogP contribution in [0.15, 0.2) is 45.8 Å². The minimum absolute atomic E-state index is 0.290. The molecule has 1 aromatic heterocycles. The summed E-state index contributed by atoms with van der Waals surface area (Å²) in [6.45, 7) is 1.30. The van der Waals surface area contributed by atoms with Gasteiger partial charge in [-0.1, -0.05) is 17.2 Å². The molecule has 1 aliphatic rings. The minimum atomic E-state index is -0.419. The van der Waals surface area contributed by atoms with Crippen molar-refractivity contribution in [1.29, 1.82) is 0 Å². The largest absolute Gasteiger partial charge is 0.478 e. The third kappa shape index (κ3) is 3.31. The third-order valence-electron chi connectivity index (χ3n) is 2.76. The Hall–Kier alpha value is -2.49. The zero-order valence-corrected chi connectivity index (χ0v) is 13.3. The molecule has 0 spiro atoms. The molecule has 0 saturated carbocycles. The number of halogens is 1. The number of aliphatic hydroxyl groups is 1. The molecule has 0 saturated heterocycles. The number of aromatic nitrogens is 1. The molecule has 0 aliphatic carbocycles. The highest BCUT2D eigenvalue weighted by atomic mass is 35.5. The molecule has 3 rings (SSSR count). The van der Waals surface area contributed by atoms with Crippen molar-refractivity contribution in [3.05, 3.63) is 46.3 Å². The molecular formula is C13H10ClN5O3S. The van der Waals surface area contributed by atoms with Crippen molar-refractivity contribution in [3.8, 4) is 0 Å². The SMILES string of the molecule is CC(=O)N=Nc1nc(C2=C(O)ONN2c2ccc(Cl)cc2)cs1. The van der Waals surface area contributed by atoms with E-state index in [2.05, 4.69) is 20.8 Å². The fraction of sp³-hybridized carbons (Fsp3) is 0.0769. The molecule has 118 valence electrons. The lowest BCUT2D eigenvalue weighted by atomic mass is 10.2. The Morgan fingerprint density at radius 2 is 2.17 bits per heavy atom. The van der Waals surface area contributed by atoms with E-state index in [1.165, 1.54) is 23.3 Å². The van der Waals surface area contributed by atoms with E-state index in [0.717, 1.165) is 0 Å². The first-order chi connectivity index (χ1) is 11.0. The minimum Gasteiger partial charge on any atom is -0.478 e. The summed E-state index contributed by atoms with van der Waals surface area (Å²) in [5, 5.41) is 21.1. The summed E-state index contributed by atoms with van der Waals surface area (Å²) in [4.78, 5) is 20.0. The number of anilines is 1. The summed E-state index contributed by atoms with van der Waals surface area (Å²) in [5.41, 5.74) is 4.00. The quantitative estimate of drug-likeness (QED) is 0.820. The van der Waals surface area contributed by atoms with Gasteiger partial charge < -0.3 is 9.94 Å². The van der Waals surface area contributed by atoms with Gasteiger partial charge in [0, 0.05) is 17.3 Å². The van der Waals surface area contributed by atoms with E-state index in [-0.39, 0.29) is 5.95 Å². The molecule has 23 heavy (non-hydrogen) atoms. The Labute approximate surface area is 139 Å². The van der Waals surface area contributed by atoms with Gasteiger partial charge in [0.05, 0.1) is 5.69 Å². The van der Waals surface area contributed by atoms with Crippen LogP contribution in [0.2, 0.25) is 5.02 Å². The molecule has 0 bridgehead atoms. The predicted molar refractivity (Wildman–Crippen MR) is 85.0 cm³/mol. The molecule has 8 nitrogen and oxygen atoms in total. The molecule has 2 N–H and O–H groups in total. The molecule has 1 aliphatic heterocycles. The summed E-state index contributed by atoms with van der Waals surface area (Å²) < 4.78 is 0.